The normalized spacial score (nSPS) is 30.3. The third-order valence-electron chi connectivity index (χ3n) is 4.18. The summed E-state index contributed by atoms with van der Waals surface area (Å²) >= 11 is 0. The largest absolute Gasteiger partial charge is 0.414 e. The van der Waals surface area contributed by atoms with Crippen molar-refractivity contribution in [1.82, 2.24) is 5.32 Å². The molecular formula is C14H26F3NO. The summed E-state index contributed by atoms with van der Waals surface area (Å²) in [5.74, 6) is 0.638. The number of rotatable bonds is 6. The number of likely N-dealkylation sites (N-methyl/N-ethyl adjacent to an activating group) is 1. The van der Waals surface area contributed by atoms with Crippen molar-refractivity contribution in [3.05, 3.63) is 0 Å². The summed E-state index contributed by atoms with van der Waals surface area (Å²) in [4.78, 5) is 0. The zero-order valence-electron chi connectivity index (χ0n) is 12.1. The van der Waals surface area contributed by atoms with Crippen molar-refractivity contribution in [2.45, 2.75) is 70.8 Å². The van der Waals surface area contributed by atoms with Gasteiger partial charge in [-0.1, -0.05) is 20.3 Å². The molecule has 0 bridgehead atoms. The molecule has 0 amide bonds. The summed E-state index contributed by atoms with van der Waals surface area (Å²) in [5.41, 5.74) is -0.642. The van der Waals surface area contributed by atoms with Crippen LogP contribution in [0.3, 0.4) is 0 Å². The van der Waals surface area contributed by atoms with Crippen LogP contribution in [-0.4, -0.2) is 31.0 Å². The lowest BCUT2D eigenvalue weighted by molar-refractivity contribution is -0.252. The molecule has 0 aromatic carbocycles. The summed E-state index contributed by atoms with van der Waals surface area (Å²) in [6.07, 6.45) is -1.49. The van der Waals surface area contributed by atoms with Crippen LogP contribution < -0.4 is 5.32 Å². The number of hydrogen-bond acceptors (Lipinski definition) is 2. The Kier molecular flexibility index (Phi) is 6.12. The average Bonchev–Trinajstić information content (AvgIpc) is 2.36. The standard InChI is InChI=1S/C14H26F3NO/c1-4-12-6-8-13(9-7-12,10-18-5-2)19-11(3)14(15,16)17/h11-12,18H,4-10H2,1-3H3. The predicted molar refractivity (Wildman–Crippen MR) is 70.1 cm³/mol. The molecule has 1 aliphatic rings. The smallest absolute Gasteiger partial charge is 0.361 e. The molecule has 0 aromatic heterocycles. The number of hydrogen-bond donors (Lipinski definition) is 1. The highest BCUT2D eigenvalue weighted by Gasteiger charge is 2.44. The average molecular weight is 281 g/mol. The Morgan fingerprint density at radius 1 is 1.26 bits per heavy atom. The second-order valence-corrected chi connectivity index (χ2v) is 5.62. The molecule has 0 aromatic rings. The Labute approximate surface area is 114 Å². The van der Waals surface area contributed by atoms with Crippen molar-refractivity contribution in [2.75, 3.05) is 13.1 Å². The van der Waals surface area contributed by atoms with Gasteiger partial charge in [0.25, 0.3) is 0 Å². The summed E-state index contributed by atoms with van der Waals surface area (Å²) in [6.45, 7) is 6.47. The Balaban J connectivity index is 2.66. The highest BCUT2D eigenvalue weighted by Crippen LogP contribution is 2.38. The van der Waals surface area contributed by atoms with Gasteiger partial charge in [0.2, 0.25) is 0 Å². The van der Waals surface area contributed by atoms with Crippen molar-refractivity contribution in [1.29, 1.82) is 0 Å². The molecule has 0 radical (unpaired) electrons. The quantitative estimate of drug-likeness (QED) is 0.797. The van der Waals surface area contributed by atoms with E-state index < -0.39 is 17.9 Å². The van der Waals surface area contributed by atoms with Gasteiger partial charge in [0.05, 0.1) is 5.60 Å². The van der Waals surface area contributed by atoms with Gasteiger partial charge in [0, 0.05) is 6.54 Å². The lowest BCUT2D eigenvalue weighted by Crippen LogP contribution is -2.50. The van der Waals surface area contributed by atoms with Crippen LogP contribution in [0, 0.1) is 5.92 Å². The molecule has 2 nitrogen and oxygen atoms in total. The van der Waals surface area contributed by atoms with Gasteiger partial charge < -0.3 is 10.1 Å². The minimum absolute atomic E-state index is 0.514. The Morgan fingerprint density at radius 2 is 1.84 bits per heavy atom. The van der Waals surface area contributed by atoms with Crippen molar-refractivity contribution < 1.29 is 17.9 Å². The molecule has 1 atom stereocenters. The van der Waals surface area contributed by atoms with Crippen molar-refractivity contribution in [3.63, 3.8) is 0 Å². The summed E-state index contributed by atoms with van der Waals surface area (Å²) in [5, 5.41) is 3.16. The van der Waals surface area contributed by atoms with E-state index >= 15 is 0 Å². The first-order valence-corrected chi connectivity index (χ1v) is 7.28. The minimum Gasteiger partial charge on any atom is -0.361 e. The van der Waals surface area contributed by atoms with Gasteiger partial charge in [0.1, 0.15) is 0 Å². The maximum absolute atomic E-state index is 12.7. The van der Waals surface area contributed by atoms with Crippen LogP contribution in [0.2, 0.25) is 0 Å². The molecule has 0 spiro atoms. The second-order valence-electron chi connectivity index (χ2n) is 5.62. The summed E-state index contributed by atoms with van der Waals surface area (Å²) in [6, 6.07) is 0. The molecule has 1 N–H and O–H groups in total. The zero-order chi connectivity index (χ0) is 14.5. The van der Waals surface area contributed by atoms with Crippen LogP contribution >= 0.6 is 0 Å². The van der Waals surface area contributed by atoms with E-state index in [1.807, 2.05) is 6.92 Å². The summed E-state index contributed by atoms with van der Waals surface area (Å²) in [7, 11) is 0. The predicted octanol–water partition coefficient (Wildman–Crippen LogP) is 3.90. The number of halogens is 3. The van der Waals surface area contributed by atoms with E-state index in [0.29, 0.717) is 12.5 Å². The Morgan fingerprint density at radius 3 is 2.26 bits per heavy atom. The van der Waals surface area contributed by atoms with Crippen molar-refractivity contribution in [2.24, 2.45) is 5.92 Å². The number of nitrogens with one attached hydrogen (secondary N) is 1. The van der Waals surface area contributed by atoms with Gasteiger partial charge >= 0.3 is 6.18 Å². The van der Waals surface area contributed by atoms with E-state index in [-0.39, 0.29) is 0 Å². The van der Waals surface area contributed by atoms with Gasteiger partial charge in [0.15, 0.2) is 6.10 Å². The first-order chi connectivity index (χ1) is 8.83. The van der Waals surface area contributed by atoms with E-state index in [1.54, 1.807) is 0 Å². The zero-order valence-corrected chi connectivity index (χ0v) is 12.1. The maximum Gasteiger partial charge on any atom is 0.414 e. The number of ether oxygens (including phenoxy) is 1. The molecule has 0 saturated heterocycles. The number of alkyl halides is 3. The Bertz CT molecular complexity index is 260. The fraction of sp³-hybridized carbons (Fsp3) is 1.00. The maximum atomic E-state index is 12.7. The lowest BCUT2D eigenvalue weighted by Gasteiger charge is -2.42. The second kappa shape index (κ2) is 6.93. The third kappa shape index (κ3) is 4.95. The van der Waals surface area contributed by atoms with Crippen molar-refractivity contribution in [3.8, 4) is 0 Å². The molecule has 1 saturated carbocycles. The monoisotopic (exact) mass is 281 g/mol. The van der Waals surface area contributed by atoms with Gasteiger partial charge in [-0.25, -0.2) is 0 Å². The van der Waals surface area contributed by atoms with E-state index in [1.165, 1.54) is 0 Å². The van der Waals surface area contributed by atoms with Gasteiger partial charge in [-0.05, 0) is 45.1 Å². The van der Waals surface area contributed by atoms with Gasteiger partial charge in [-0.2, -0.15) is 13.2 Å². The highest BCUT2D eigenvalue weighted by molar-refractivity contribution is 4.90. The topological polar surface area (TPSA) is 21.3 Å². The molecule has 19 heavy (non-hydrogen) atoms. The van der Waals surface area contributed by atoms with Crippen molar-refractivity contribution >= 4 is 0 Å². The molecule has 5 heteroatoms. The molecule has 1 unspecified atom stereocenters. The molecule has 1 fully saturated rings. The van der Waals surface area contributed by atoms with Crippen LogP contribution in [0.25, 0.3) is 0 Å². The third-order valence-corrected chi connectivity index (χ3v) is 4.18. The van der Waals surface area contributed by atoms with E-state index in [4.69, 9.17) is 4.74 Å². The fourth-order valence-corrected chi connectivity index (χ4v) is 2.74. The Hall–Kier alpha value is -0.290. The lowest BCUT2D eigenvalue weighted by atomic mass is 9.77. The molecule has 1 rings (SSSR count). The SMILES string of the molecule is CCNCC1(OC(C)C(F)(F)F)CCC(CC)CC1. The first kappa shape index (κ1) is 16.8. The van der Waals surface area contributed by atoms with Crippen LogP contribution in [0.4, 0.5) is 13.2 Å². The molecule has 1 aliphatic carbocycles. The van der Waals surface area contributed by atoms with E-state index in [0.717, 1.165) is 45.6 Å². The molecule has 0 heterocycles. The highest BCUT2D eigenvalue weighted by atomic mass is 19.4. The van der Waals surface area contributed by atoms with Crippen LogP contribution in [-0.2, 0) is 4.74 Å². The van der Waals surface area contributed by atoms with Crippen LogP contribution in [0.1, 0.15) is 52.9 Å². The molecule has 0 aliphatic heterocycles. The fourth-order valence-electron chi connectivity index (χ4n) is 2.74. The van der Waals surface area contributed by atoms with Crippen LogP contribution in [0.5, 0.6) is 0 Å². The minimum atomic E-state index is -4.28. The molecule has 114 valence electrons. The molecular weight excluding hydrogens is 255 g/mol. The van der Waals surface area contributed by atoms with Gasteiger partial charge in [-0.3, -0.25) is 0 Å². The first-order valence-electron chi connectivity index (χ1n) is 7.28. The van der Waals surface area contributed by atoms with Crippen LogP contribution in [0.15, 0.2) is 0 Å². The van der Waals surface area contributed by atoms with E-state index in [9.17, 15) is 13.2 Å². The van der Waals surface area contributed by atoms with E-state index in [2.05, 4.69) is 12.2 Å². The van der Waals surface area contributed by atoms with Gasteiger partial charge in [-0.15, -0.1) is 0 Å². The summed E-state index contributed by atoms with van der Waals surface area (Å²) < 4.78 is 43.5.